The lowest BCUT2D eigenvalue weighted by atomic mass is 10.0. The van der Waals surface area contributed by atoms with Crippen LogP contribution in [0.5, 0.6) is 0 Å². The van der Waals surface area contributed by atoms with E-state index < -0.39 is 17.5 Å². The van der Waals surface area contributed by atoms with Crippen molar-refractivity contribution in [2.45, 2.75) is 79.0 Å². The molecule has 8 nitrogen and oxygen atoms in total. The number of hydrogen-bond donors (Lipinski definition) is 3. The van der Waals surface area contributed by atoms with Gasteiger partial charge >= 0.3 is 6.09 Å². The van der Waals surface area contributed by atoms with E-state index in [1.165, 1.54) is 0 Å². The molecule has 2 heterocycles. The maximum absolute atomic E-state index is 14.8. The van der Waals surface area contributed by atoms with Gasteiger partial charge in [-0.05, 0) is 65.2 Å². The molecule has 0 saturated heterocycles. The molecule has 0 aliphatic rings. The first-order valence-electron chi connectivity index (χ1n) is 11.0. The second-order valence-electron chi connectivity index (χ2n) is 8.90. The number of nitriles is 1. The number of nitrogens with zero attached hydrogens (tertiary/aromatic N) is 3. The number of rotatable bonds is 8. The van der Waals surface area contributed by atoms with Gasteiger partial charge in [-0.15, -0.1) is 0 Å². The van der Waals surface area contributed by atoms with Gasteiger partial charge in [-0.1, -0.05) is 13.8 Å². The van der Waals surface area contributed by atoms with E-state index in [-0.39, 0.29) is 29.3 Å². The van der Waals surface area contributed by atoms with Crippen LogP contribution in [0.3, 0.4) is 0 Å². The van der Waals surface area contributed by atoms with E-state index in [4.69, 9.17) is 4.74 Å². The first-order valence-corrected chi connectivity index (χ1v) is 11.0. The molecule has 9 heteroatoms. The van der Waals surface area contributed by atoms with E-state index in [2.05, 4.69) is 25.9 Å². The standard InChI is InChI=1S/C24H33FN6O2/c1-8-19(20(9-2)30-23(32)33-24(5,6)7)29-22-18(25)11-16(12-26)21(31-22)28-17-10-14(3)15(4)27-13-17/h10-11,13,19-20H,8-9H2,1-7H3,(H,30,32)(H2,28,29,31)/t19-,20+/m1/s1. The van der Waals surface area contributed by atoms with Crippen LogP contribution in [0.25, 0.3) is 0 Å². The maximum Gasteiger partial charge on any atom is 0.407 e. The molecule has 3 N–H and O–H groups in total. The number of amides is 1. The third-order valence-electron chi connectivity index (χ3n) is 5.09. The average molecular weight is 457 g/mol. The van der Waals surface area contributed by atoms with Crippen LogP contribution in [0.15, 0.2) is 18.3 Å². The zero-order chi connectivity index (χ0) is 24.8. The number of nitrogens with one attached hydrogen (secondary N) is 3. The molecule has 0 spiro atoms. The number of alkyl carbamates (subject to hydrolysis) is 1. The van der Waals surface area contributed by atoms with E-state index in [1.54, 1.807) is 27.0 Å². The van der Waals surface area contributed by atoms with Gasteiger partial charge in [0.1, 0.15) is 11.7 Å². The lowest BCUT2D eigenvalue weighted by molar-refractivity contribution is 0.0496. The Morgan fingerprint density at radius 3 is 2.39 bits per heavy atom. The van der Waals surface area contributed by atoms with E-state index in [1.807, 2.05) is 39.8 Å². The quantitative estimate of drug-likeness (QED) is 0.491. The summed E-state index contributed by atoms with van der Waals surface area (Å²) in [6.45, 7) is 13.1. The molecule has 0 aromatic carbocycles. The summed E-state index contributed by atoms with van der Waals surface area (Å²) in [6, 6.07) is 4.37. The van der Waals surface area contributed by atoms with E-state index >= 15 is 0 Å². The molecule has 0 bridgehead atoms. The fourth-order valence-corrected chi connectivity index (χ4v) is 3.23. The molecule has 178 valence electrons. The van der Waals surface area contributed by atoms with Gasteiger partial charge in [-0.2, -0.15) is 5.26 Å². The first-order chi connectivity index (χ1) is 15.5. The van der Waals surface area contributed by atoms with E-state index in [0.717, 1.165) is 17.3 Å². The van der Waals surface area contributed by atoms with Crippen LogP contribution >= 0.6 is 0 Å². The molecular weight excluding hydrogens is 423 g/mol. The summed E-state index contributed by atoms with van der Waals surface area (Å²) in [5.41, 5.74) is 1.96. The fraction of sp³-hybridized carbons (Fsp3) is 0.500. The number of anilines is 3. The molecule has 0 saturated carbocycles. The predicted molar refractivity (Wildman–Crippen MR) is 127 cm³/mol. The normalized spacial score (nSPS) is 12.9. The molecule has 1 amide bonds. The highest BCUT2D eigenvalue weighted by atomic mass is 19.1. The fourth-order valence-electron chi connectivity index (χ4n) is 3.23. The van der Waals surface area contributed by atoms with Crippen molar-refractivity contribution in [3.05, 3.63) is 41.0 Å². The van der Waals surface area contributed by atoms with Crippen molar-refractivity contribution in [1.82, 2.24) is 15.3 Å². The summed E-state index contributed by atoms with van der Waals surface area (Å²) in [7, 11) is 0. The van der Waals surface area contributed by atoms with Gasteiger partial charge in [0, 0.05) is 11.7 Å². The molecule has 0 aliphatic heterocycles. The monoisotopic (exact) mass is 456 g/mol. The summed E-state index contributed by atoms with van der Waals surface area (Å²) in [5.74, 6) is -0.445. The minimum absolute atomic E-state index is 0.00965. The second kappa shape index (κ2) is 10.9. The smallest absolute Gasteiger partial charge is 0.407 e. The van der Waals surface area contributed by atoms with Crippen molar-refractivity contribution in [3.8, 4) is 6.07 Å². The molecule has 0 fully saturated rings. The van der Waals surface area contributed by atoms with Crippen molar-refractivity contribution in [3.63, 3.8) is 0 Å². The summed E-state index contributed by atoms with van der Waals surface area (Å²) >= 11 is 0. The maximum atomic E-state index is 14.8. The summed E-state index contributed by atoms with van der Waals surface area (Å²) in [4.78, 5) is 20.9. The summed E-state index contributed by atoms with van der Waals surface area (Å²) in [5, 5.41) is 18.5. The first kappa shape index (κ1) is 25.8. The molecule has 2 rings (SSSR count). The number of aromatic nitrogens is 2. The Balaban J connectivity index is 2.28. The third-order valence-corrected chi connectivity index (χ3v) is 5.09. The van der Waals surface area contributed by atoms with Gasteiger partial charge in [0.15, 0.2) is 17.5 Å². The molecule has 0 aliphatic carbocycles. The Morgan fingerprint density at radius 2 is 1.85 bits per heavy atom. The average Bonchev–Trinajstić information content (AvgIpc) is 2.73. The Bertz CT molecular complexity index is 1030. The number of hydrogen-bond acceptors (Lipinski definition) is 7. The van der Waals surface area contributed by atoms with Crippen molar-refractivity contribution in [2.75, 3.05) is 10.6 Å². The van der Waals surface area contributed by atoms with Gasteiger partial charge in [-0.3, -0.25) is 4.98 Å². The molecular formula is C24H33FN6O2. The predicted octanol–water partition coefficient (Wildman–Crippen LogP) is 5.34. The van der Waals surface area contributed by atoms with Crippen LogP contribution in [0.4, 0.5) is 26.5 Å². The van der Waals surface area contributed by atoms with Crippen LogP contribution in [0.1, 0.15) is 64.3 Å². The Hall–Kier alpha value is -3.41. The van der Waals surface area contributed by atoms with Gasteiger partial charge in [0.25, 0.3) is 0 Å². The number of ether oxygens (including phenoxy) is 1. The van der Waals surface area contributed by atoms with Crippen LogP contribution < -0.4 is 16.0 Å². The SMILES string of the molecule is CC[C@H](NC(=O)OC(C)(C)C)[C@@H](CC)Nc1nc(Nc2cnc(C)c(C)c2)c(C#N)cc1F. The van der Waals surface area contributed by atoms with Gasteiger partial charge in [0.05, 0.1) is 23.5 Å². The van der Waals surface area contributed by atoms with Crippen molar-refractivity contribution >= 4 is 23.4 Å². The molecule has 33 heavy (non-hydrogen) atoms. The minimum Gasteiger partial charge on any atom is -0.444 e. The molecule has 2 atom stereocenters. The van der Waals surface area contributed by atoms with Crippen molar-refractivity contribution in [2.24, 2.45) is 0 Å². The lowest BCUT2D eigenvalue weighted by Gasteiger charge is -2.29. The van der Waals surface area contributed by atoms with Crippen molar-refractivity contribution < 1.29 is 13.9 Å². The Morgan fingerprint density at radius 1 is 1.18 bits per heavy atom. The molecule has 0 unspecified atom stereocenters. The number of pyridine rings is 2. The van der Waals surface area contributed by atoms with Crippen LogP contribution in [0.2, 0.25) is 0 Å². The van der Waals surface area contributed by atoms with Gasteiger partial charge in [-0.25, -0.2) is 14.2 Å². The third kappa shape index (κ3) is 7.31. The zero-order valence-electron chi connectivity index (χ0n) is 20.3. The highest BCUT2D eigenvalue weighted by molar-refractivity contribution is 5.68. The highest BCUT2D eigenvalue weighted by Crippen LogP contribution is 2.25. The molecule has 2 aromatic rings. The van der Waals surface area contributed by atoms with Crippen LogP contribution in [0, 0.1) is 31.0 Å². The number of carbonyl (C=O) groups excluding carboxylic acids is 1. The van der Waals surface area contributed by atoms with E-state index in [9.17, 15) is 14.4 Å². The van der Waals surface area contributed by atoms with Gasteiger partial charge in [0.2, 0.25) is 0 Å². The summed E-state index contributed by atoms with van der Waals surface area (Å²) in [6.07, 6.45) is 2.29. The van der Waals surface area contributed by atoms with Crippen LogP contribution in [-0.4, -0.2) is 33.7 Å². The largest absolute Gasteiger partial charge is 0.444 e. The lowest BCUT2D eigenvalue weighted by Crippen LogP contribution is -2.48. The summed E-state index contributed by atoms with van der Waals surface area (Å²) < 4.78 is 20.1. The minimum atomic E-state index is -0.652. The zero-order valence-corrected chi connectivity index (χ0v) is 20.3. The van der Waals surface area contributed by atoms with Crippen LogP contribution in [-0.2, 0) is 4.74 Å². The number of aryl methyl sites for hydroxylation is 2. The Labute approximate surface area is 195 Å². The molecule has 0 radical (unpaired) electrons. The number of carbonyl (C=O) groups is 1. The molecule has 2 aromatic heterocycles. The Kier molecular flexibility index (Phi) is 8.57. The van der Waals surface area contributed by atoms with Crippen molar-refractivity contribution in [1.29, 1.82) is 5.26 Å². The topological polar surface area (TPSA) is 112 Å². The van der Waals surface area contributed by atoms with Gasteiger partial charge < -0.3 is 20.7 Å². The highest BCUT2D eigenvalue weighted by Gasteiger charge is 2.25. The second-order valence-corrected chi connectivity index (χ2v) is 8.90. The number of halogens is 1. The van der Waals surface area contributed by atoms with E-state index in [0.29, 0.717) is 18.5 Å².